The van der Waals surface area contributed by atoms with Crippen molar-refractivity contribution in [1.82, 2.24) is 0 Å². The van der Waals surface area contributed by atoms with Crippen LogP contribution in [-0.2, 0) is 15.3 Å². The van der Waals surface area contributed by atoms with Crippen LogP contribution in [0, 0.1) is 13.8 Å². The number of ether oxygens (including phenoxy) is 3. The van der Waals surface area contributed by atoms with Crippen molar-refractivity contribution in [3.63, 3.8) is 0 Å². The van der Waals surface area contributed by atoms with Gasteiger partial charge in [-0.2, -0.15) is 0 Å². The SMILES string of the molecule is CCCOc1c(C)cc(C)cc1C1(C)OCCO1. The van der Waals surface area contributed by atoms with Crippen LogP contribution in [-0.4, -0.2) is 19.8 Å². The third-order valence-electron chi connectivity index (χ3n) is 3.20. The zero-order chi connectivity index (χ0) is 13.2. The molecule has 3 nitrogen and oxygen atoms in total. The lowest BCUT2D eigenvalue weighted by molar-refractivity contribution is -0.150. The molecule has 1 aromatic carbocycles. The van der Waals surface area contributed by atoms with Crippen molar-refractivity contribution in [3.05, 3.63) is 28.8 Å². The molecule has 0 amide bonds. The van der Waals surface area contributed by atoms with Crippen LogP contribution in [0.1, 0.15) is 37.0 Å². The van der Waals surface area contributed by atoms with E-state index in [4.69, 9.17) is 14.2 Å². The lowest BCUT2D eigenvalue weighted by Gasteiger charge is -2.27. The summed E-state index contributed by atoms with van der Waals surface area (Å²) in [5, 5.41) is 0. The molecule has 0 bridgehead atoms. The summed E-state index contributed by atoms with van der Waals surface area (Å²) >= 11 is 0. The van der Waals surface area contributed by atoms with Gasteiger partial charge < -0.3 is 14.2 Å². The molecule has 0 N–H and O–H groups in total. The summed E-state index contributed by atoms with van der Waals surface area (Å²) in [5.41, 5.74) is 3.34. The average Bonchev–Trinajstić information content (AvgIpc) is 2.75. The summed E-state index contributed by atoms with van der Waals surface area (Å²) in [7, 11) is 0. The molecule has 0 aliphatic carbocycles. The third-order valence-corrected chi connectivity index (χ3v) is 3.20. The Morgan fingerprint density at radius 3 is 2.50 bits per heavy atom. The summed E-state index contributed by atoms with van der Waals surface area (Å²) in [6.45, 7) is 10.2. The molecule has 2 rings (SSSR count). The normalized spacial score (nSPS) is 18.0. The molecule has 0 unspecified atom stereocenters. The predicted octanol–water partition coefficient (Wildman–Crippen LogP) is 3.31. The summed E-state index contributed by atoms with van der Waals surface area (Å²) in [5.74, 6) is 0.242. The fourth-order valence-corrected chi connectivity index (χ4v) is 2.36. The minimum absolute atomic E-state index is 0.636. The van der Waals surface area contributed by atoms with Gasteiger partial charge in [0, 0.05) is 0 Å². The molecule has 18 heavy (non-hydrogen) atoms. The van der Waals surface area contributed by atoms with Gasteiger partial charge in [-0.15, -0.1) is 0 Å². The zero-order valence-corrected chi connectivity index (χ0v) is 11.7. The molecule has 1 aromatic rings. The predicted molar refractivity (Wildman–Crippen MR) is 71.0 cm³/mol. The highest BCUT2D eigenvalue weighted by Crippen LogP contribution is 2.39. The lowest BCUT2D eigenvalue weighted by Crippen LogP contribution is -2.24. The maximum atomic E-state index is 5.89. The van der Waals surface area contributed by atoms with E-state index in [9.17, 15) is 0 Å². The smallest absolute Gasteiger partial charge is 0.195 e. The summed E-state index contributed by atoms with van der Waals surface area (Å²) in [6, 6.07) is 4.23. The Bertz CT molecular complexity index is 420. The Morgan fingerprint density at radius 2 is 1.89 bits per heavy atom. The van der Waals surface area contributed by atoms with Crippen molar-refractivity contribution in [2.45, 2.75) is 39.9 Å². The largest absolute Gasteiger partial charge is 0.493 e. The highest BCUT2D eigenvalue weighted by Gasteiger charge is 2.36. The van der Waals surface area contributed by atoms with Gasteiger partial charge in [-0.25, -0.2) is 0 Å². The van der Waals surface area contributed by atoms with Crippen LogP contribution in [0.2, 0.25) is 0 Å². The Labute approximate surface area is 109 Å². The molecule has 1 heterocycles. The molecule has 100 valence electrons. The molecule has 0 radical (unpaired) electrons. The first-order chi connectivity index (χ1) is 8.57. The van der Waals surface area contributed by atoms with E-state index in [-0.39, 0.29) is 0 Å². The van der Waals surface area contributed by atoms with Crippen molar-refractivity contribution in [2.75, 3.05) is 19.8 Å². The van der Waals surface area contributed by atoms with Crippen LogP contribution in [0.5, 0.6) is 5.75 Å². The van der Waals surface area contributed by atoms with Gasteiger partial charge in [0.2, 0.25) is 0 Å². The molecule has 0 aromatic heterocycles. The van der Waals surface area contributed by atoms with Crippen LogP contribution in [0.3, 0.4) is 0 Å². The van der Waals surface area contributed by atoms with E-state index in [1.54, 1.807) is 0 Å². The Balaban J connectivity index is 2.42. The summed E-state index contributed by atoms with van der Waals surface area (Å²) in [4.78, 5) is 0. The average molecular weight is 250 g/mol. The van der Waals surface area contributed by atoms with Gasteiger partial charge in [-0.05, 0) is 38.8 Å². The molecule has 1 aliphatic heterocycles. The quantitative estimate of drug-likeness (QED) is 0.820. The first-order valence-electron chi connectivity index (χ1n) is 6.59. The second kappa shape index (κ2) is 5.29. The molecule has 1 aliphatic rings. The molecular formula is C15H22O3. The molecule has 0 atom stereocenters. The first kappa shape index (κ1) is 13.4. The van der Waals surface area contributed by atoms with Crippen LogP contribution in [0.15, 0.2) is 12.1 Å². The Hall–Kier alpha value is -1.06. The minimum atomic E-state index is -0.667. The van der Waals surface area contributed by atoms with Gasteiger partial charge in [0.15, 0.2) is 5.79 Å². The Kier molecular flexibility index (Phi) is 3.93. The first-order valence-corrected chi connectivity index (χ1v) is 6.59. The minimum Gasteiger partial charge on any atom is -0.493 e. The second-order valence-electron chi connectivity index (χ2n) is 4.95. The van der Waals surface area contributed by atoms with Crippen LogP contribution < -0.4 is 4.74 Å². The van der Waals surface area contributed by atoms with E-state index in [2.05, 4.69) is 32.9 Å². The van der Waals surface area contributed by atoms with Crippen molar-refractivity contribution in [2.24, 2.45) is 0 Å². The van der Waals surface area contributed by atoms with Gasteiger partial charge in [-0.3, -0.25) is 0 Å². The van der Waals surface area contributed by atoms with Gasteiger partial charge >= 0.3 is 0 Å². The fourth-order valence-electron chi connectivity index (χ4n) is 2.36. The van der Waals surface area contributed by atoms with E-state index < -0.39 is 5.79 Å². The highest BCUT2D eigenvalue weighted by molar-refractivity contribution is 5.46. The number of hydrogen-bond acceptors (Lipinski definition) is 3. The molecule has 1 fully saturated rings. The van der Waals surface area contributed by atoms with Crippen molar-refractivity contribution < 1.29 is 14.2 Å². The lowest BCUT2D eigenvalue weighted by atomic mass is 9.99. The highest BCUT2D eigenvalue weighted by atomic mass is 16.7. The van der Waals surface area contributed by atoms with Crippen LogP contribution in [0.25, 0.3) is 0 Å². The molecular weight excluding hydrogens is 228 g/mol. The molecule has 1 saturated heterocycles. The van der Waals surface area contributed by atoms with Crippen molar-refractivity contribution in [1.29, 1.82) is 0 Å². The maximum absolute atomic E-state index is 5.89. The third kappa shape index (κ3) is 2.52. The van der Waals surface area contributed by atoms with Crippen molar-refractivity contribution in [3.8, 4) is 5.75 Å². The van der Waals surface area contributed by atoms with Gasteiger partial charge in [-0.1, -0.05) is 18.6 Å². The second-order valence-corrected chi connectivity index (χ2v) is 4.95. The van der Waals surface area contributed by atoms with E-state index in [0.717, 1.165) is 23.3 Å². The van der Waals surface area contributed by atoms with Crippen molar-refractivity contribution >= 4 is 0 Å². The van der Waals surface area contributed by atoms with E-state index in [1.807, 2.05) is 6.92 Å². The molecule has 0 saturated carbocycles. The fraction of sp³-hybridized carbons (Fsp3) is 0.600. The Morgan fingerprint density at radius 1 is 1.22 bits per heavy atom. The monoisotopic (exact) mass is 250 g/mol. The molecule has 3 heteroatoms. The number of aryl methyl sites for hydroxylation is 2. The number of rotatable bonds is 4. The van der Waals surface area contributed by atoms with Gasteiger partial charge in [0.05, 0.1) is 25.4 Å². The zero-order valence-electron chi connectivity index (χ0n) is 11.7. The van der Waals surface area contributed by atoms with Crippen LogP contribution in [0.4, 0.5) is 0 Å². The topological polar surface area (TPSA) is 27.7 Å². The van der Waals surface area contributed by atoms with E-state index in [1.165, 1.54) is 5.56 Å². The van der Waals surface area contributed by atoms with E-state index >= 15 is 0 Å². The standard InChI is InChI=1S/C15H22O3/c1-5-6-16-14-12(3)9-11(2)10-13(14)15(4)17-7-8-18-15/h9-10H,5-8H2,1-4H3. The van der Waals surface area contributed by atoms with Crippen LogP contribution >= 0.6 is 0 Å². The van der Waals surface area contributed by atoms with Gasteiger partial charge in [0.1, 0.15) is 5.75 Å². The van der Waals surface area contributed by atoms with Gasteiger partial charge in [0.25, 0.3) is 0 Å². The molecule has 0 spiro atoms. The summed E-state index contributed by atoms with van der Waals surface area (Å²) in [6.07, 6.45) is 0.991. The number of hydrogen-bond donors (Lipinski definition) is 0. The van der Waals surface area contributed by atoms with E-state index in [0.29, 0.717) is 19.8 Å². The maximum Gasteiger partial charge on any atom is 0.195 e. The summed E-state index contributed by atoms with van der Waals surface area (Å²) < 4.78 is 17.4. The number of benzene rings is 1.